The van der Waals surface area contributed by atoms with Crippen molar-refractivity contribution in [1.29, 1.82) is 0 Å². The van der Waals surface area contributed by atoms with Crippen molar-refractivity contribution in [2.45, 2.75) is 19.8 Å². The summed E-state index contributed by atoms with van der Waals surface area (Å²) in [7, 11) is 0. The Morgan fingerprint density at radius 3 is 2.57 bits per heavy atom. The third kappa shape index (κ3) is 3.47. The molecule has 1 saturated heterocycles. The van der Waals surface area contributed by atoms with Gasteiger partial charge in [-0.05, 0) is 13.3 Å². The lowest BCUT2D eigenvalue weighted by molar-refractivity contribution is -0.137. The van der Waals surface area contributed by atoms with E-state index in [2.05, 4.69) is 0 Å². The van der Waals surface area contributed by atoms with Crippen molar-refractivity contribution in [3.05, 3.63) is 11.6 Å². The van der Waals surface area contributed by atoms with Gasteiger partial charge >= 0.3 is 5.97 Å². The molecule has 1 aliphatic rings. The molecule has 0 saturated carbocycles. The minimum absolute atomic E-state index is 0.177. The van der Waals surface area contributed by atoms with E-state index >= 15 is 0 Å². The van der Waals surface area contributed by atoms with E-state index in [-0.39, 0.29) is 12.3 Å². The van der Waals surface area contributed by atoms with Gasteiger partial charge in [0.25, 0.3) is 0 Å². The summed E-state index contributed by atoms with van der Waals surface area (Å²) in [5.74, 6) is -0.532. The Bertz CT molecular complexity index is 216. The Hall–Kier alpha value is -0.870. The maximum absolute atomic E-state index is 10.4. The van der Waals surface area contributed by atoms with E-state index in [4.69, 9.17) is 14.6 Å². The van der Waals surface area contributed by atoms with Crippen LogP contribution < -0.4 is 0 Å². The first-order valence-electron chi connectivity index (χ1n) is 4.76. The number of carbonyl (C=O) groups is 1. The first-order chi connectivity index (χ1) is 6.74. The average Bonchev–Trinajstić information content (AvgIpc) is 2.20. The predicted molar refractivity (Wildman–Crippen MR) is 50.9 cm³/mol. The zero-order valence-corrected chi connectivity index (χ0v) is 8.36. The van der Waals surface area contributed by atoms with Crippen molar-refractivity contribution in [2.24, 2.45) is 5.92 Å². The lowest BCUT2D eigenvalue weighted by Crippen LogP contribution is -2.25. The van der Waals surface area contributed by atoms with E-state index in [1.165, 1.54) is 0 Å². The first-order valence-corrected chi connectivity index (χ1v) is 4.76. The molecule has 4 heteroatoms. The lowest BCUT2D eigenvalue weighted by atomic mass is 9.96. The van der Waals surface area contributed by atoms with Gasteiger partial charge in [-0.1, -0.05) is 11.6 Å². The van der Waals surface area contributed by atoms with Gasteiger partial charge in [0.15, 0.2) is 0 Å². The fourth-order valence-corrected chi connectivity index (χ4v) is 1.54. The molecule has 1 rings (SSSR count). The normalized spacial score (nSPS) is 19.6. The van der Waals surface area contributed by atoms with Gasteiger partial charge in [-0.2, -0.15) is 0 Å². The molecule has 0 radical (unpaired) electrons. The van der Waals surface area contributed by atoms with Crippen molar-refractivity contribution in [3.63, 3.8) is 0 Å². The number of carboxylic acid groups (broad SMARTS) is 1. The van der Waals surface area contributed by atoms with E-state index in [0.717, 1.165) is 5.57 Å². The molecular weight excluding hydrogens is 184 g/mol. The number of rotatable bonds is 4. The van der Waals surface area contributed by atoms with Gasteiger partial charge in [0.2, 0.25) is 0 Å². The van der Waals surface area contributed by atoms with Gasteiger partial charge in [-0.15, -0.1) is 0 Å². The summed E-state index contributed by atoms with van der Waals surface area (Å²) in [4.78, 5) is 10.4. The maximum Gasteiger partial charge on any atom is 0.303 e. The van der Waals surface area contributed by atoms with Crippen LogP contribution in [0.5, 0.6) is 0 Å². The summed E-state index contributed by atoms with van der Waals surface area (Å²) in [6, 6.07) is 0. The number of ether oxygens (including phenoxy) is 2. The highest BCUT2D eigenvalue weighted by molar-refractivity contribution is 5.67. The Kier molecular flexibility index (Phi) is 4.62. The molecule has 1 N–H and O–H groups in total. The number of hydrogen-bond acceptors (Lipinski definition) is 3. The minimum Gasteiger partial charge on any atom is -0.481 e. The van der Waals surface area contributed by atoms with Crippen molar-refractivity contribution >= 4 is 5.97 Å². The molecule has 0 aromatic carbocycles. The molecule has 0 aromatic heterocycles. The summed E-state index contributed by atoms with van der Waals surface area (Å²) in [6.07, 6.45) is 2.73. The molecule has 0 bridgehead atoms. The second-order valence-corrected chi connectivity index (χ2v) is 3.31. The molecule has 80 valence electrons. The largest absolute Gasteiger partial charge is 0.481 e. The molecule has 0 spiro atoms. The zero-order valence-electron chi connectivity index (χ0n) is 8.36. The number of allylic oxidation sites excluding steroid dienone is 1. The second-order valence-electron chi connectivity index (χ2n) is 3.31. The molecule has 0 aliphatic carbocycles. The number of hydrogen-bond donors (Lipinski definition) is 1. The van der Waals surface area contributed by atoms with Crippen molar-refractivity contribution in [3.8, 4) is 0 Å². The van der Waals surface area contributed by atoms with Gasteiger partial charge in [0, 0.05) is 12.3 Å². The SMILES string of the molecule is C/C=C(/CCC(=O)O)C1COCOC1. The summed E-state index contributed by atoms with van der Waals surface area (Å²) in [5.41, 5.74) is 1.12. The van der Waals surface area contributed by atoms with E-state index in [9.17, 15) is 4.79 Å². The zero-order chi connectivity index (χ0) is 10.4. The van der Waals surface area contributed by atoms with Crippen LogP contribution in [-0.4, -0.2) is 31.1 Å². The third-order valence-corrected chi connectivity index (χ3v) is 2.33. The van der Waals surface area contributed by atoms with Crippen molar-refractivity contribution in [1.82, 2.24) is 0 Å². The van der Waals surface area contributed by atoms with Crippen LogP contribution in [0.15, 0.2) is 11.6 Å². The van der Waals surface area contributed by atoms with E-state index < -0.39 is 5.97 Å². The molecule has 4 nitrogen and oxygen atoms in total. The fraction of sp³-hybridized carbons (Fsp3) is 0.700. The van der Waals surface area contributed by atoms with Crippen LogP contribution in [0.25, 0.3) is 0 Å². The molecular formula is C10H16O4. The monoisotopic (exact) mass is 200 g/mol. The molecule has 0 atom stereocenters. The van der Waals surface area contributed by atoms with Crippen LogP contribution >= 0.6 is 0 Å². The molecule has 1 fully saturated rings. The van der Waals surface area contributed by atoms with Crippen LogP contribution in [0.2, 0.25) is 0 Å². The van der Waals surface area contributed by atoms with Crippen LogP contribution in [0.4, 0.5) is 0 Å². The topological polar surface area (TPSA) is 55.8 Å². The van der Waals surface area contributed by atoms with Crippen molar-refractivity contribution in [2.75, 3.05) is 20.0 Å². The predicted octanol–water partition coefficient (Wildman–Crippen LogP) is 1.42. The van der Waals surface area contributed by atoms with Gasteiger partial charge in [-0.3, -0.25) is 4.79 Å². The average molecular weight is 200 g/mol. The Morgan fingerprint density at radius 1 is 1.43 bits per heavy atom. The number of aliphatic carboxylic acids is 1. The summed E-state index contributed by atoms with van der Waals surface area (Å²) in [6.45, 7) is 3.55. The molecule has 1 aliphatic heterocycles. The first kappa shape index (κ1) is 11.2. The Morgan fingerprint density at radius 2 is 2.07 bits per heavy atom. The molecule has 14 heavy (non-hydrogen) atoms. The minimum atomic E-state index is -0.762. The molecule has 0 unspecified atom stereocenters. The highest BCUT2D eigenvalue weighted by Gasteiger charge is 2.18. The van der Waals surface area contributed by atoms with E-state index in [1.54, 1.807) is 0 Å². The highest BCUT2D eigenvalue weighted by atomic mass is 16.7. The van der Waals surface area contributed by atoms with E-state index in [1.807, 2.05) is 13.0 Å². The Labute approximate surface area is 83.5 Å². The summed E-state index contributed by atoms with van der Waals surface area (Å²) >= 11 is 0. The van der Waals surface area contributed by atoms with Gasteiger partial charge in [0.1, 0.15) is 6.79 Å². The van der Waals surface area contributed by atoms with Crippen LogP contribution in [0.1, 0.15) is 19.8 Å². The summed E-state index contributed by atoms with van der Waals surface area (Å²) < 4.78 is 10.3. The van der Waals surface area contributed by atoms with Crippen LogP contribution in [-0.2, 0) is 14.3 Å². The third-order valence-electron chi connectivity index (χ3n) is 2.33. The fourth-order valence-electron chi connectivity index (χ4n) is 1.54. The lowest BCUT2D eigenvalue weighted by Gasteiger charge is -2.24. The van der Waals surface area contributed by atoms with Crippen molar-refractivity contribution < 1.29 is 19.4 Å². The summed E-state index contributed by atoms with van der Waals surface area (Å²) in [5, 5.41) is 8.57. The smallest absolute Gasteiger partial charge is 0.303 e. The molecule has 1 heterocycles. The Balaban J connectivity index is 2.40. The molecule has 0 aromatic rings. The van der Waals surface area contributed by atoms with Crippen LogP contribution in [0, 0.1) is 5.92 Å². The quantitative estimate of drug-likeness (QED) is 0.697. The van der Waals surface area contributed by atoms with Crippen LogP contribution in [0.3, 0.4) is 0 Å². The standard InChI is InChI=1S/C10H16O4/c1-2-8(3-4-10(11)12)9-5-13-7-14-6-9/h2,9H,3-7H2,1H3,(H,11,12)/b8-2-. The van der Waals surface area contributed by atoms with E-state index in [0.29, 0.717) is 26.4 Å². The highest BCUT2D eigenvalue weighted by Crippen LogP contribution is 2.20. The number of carboxylic acids is 1. The molecule has 0 amide bonds. The van der Waals surface area contributed by atoms with Gasteiger partial charge in [0.05, 0.1) is 13.2 Å². The van der Waals surface area contributed by atoms with Gasteiger partial charge < -0.3 is 14.6 Å². The maximum atomic E-state index is 10.4. The second kappa shape index (κ2) is 5.78. The van der Waals surface area contributed by atoms with Gasteiger partial charge in [-0.25, -0.2) is 0 Å².